The summed E-state index contributed by atoms with van der Waals surface area (Å²) in [6, 6.07) is 2.30. The fourth-order valence-corrected chi connectivity index (χ4v) is 3.31. The van der Waals surface area contributed by atoms with E-state index in [1.165, 1.54) is 38.8 Å². The minimum absolute atomic E-state index is 1.20. The summed E-state index contributed by atoms with van der Waals surface area (Å²) in [6.45, 7) is 2.50. The van der Waals surface area contributed by atoms with Crippen LogP contribution in [-0.4, -0.2) is 16.8 Å². The summed E-state index contributed by atoms with van der Waals surface area (Å²) in [6.07, 6.45) is 5.38. The highest BCUT2D eigenvalue weighted by molar-refractivity contribution is 7.10. The Bertz CT molecular complexity index is 414. The van der Waals surface area contributed by atoms with Crippen LogP contribution in [0.5, 0.6) is 0 Å². The van der Waals surface area contributed by atoms with Gasteiger partial charge >= 0.3 is 0 Å². The number of halogens is 1. The molecule has 7 heteroatoms. The van der Waals surface area contributed by atoms with Gasteiger partial charge in [-0.3, -0.25) is 0 Å². The summed E-state index contributed by atoms with van der Waals surface area (Å²) in [5.74, 6) is 0. The largest absolute Gasteiger partial charge is 0.232 e. The summed E-state index contributed by atoms with van der Waals surface area (Å²) in [5, 5.41) is 2.24. The molecule has 0 fully saturated rings. The van der Waals surface area contributed by atoms with Crippen LogP contribution in [0.2, 0.25) is 0 Å². The third-order valence-electron chi connectivity index (χ3n) is 3.16. The minimum Gasteiger partial charge on any atom is -0.232 e. The van der Waals surface area contributed by atoms with Crippen LogP contribution in [-0.2, 0) is 13.0 Å². The third kappa shape index (κ3) is 4.01. The van der Waals surface area contributed by atoms with E-state index in [4.69, 9.17) is 18.6 Å². The number of thiophene rings is 1. The molecule has 1 aromatic rings. The standard InChI is InChI=1S/C11H14NS.ClHO4/c1-2-5-12-8-11-9(4-6-13-11)7-10(12)3-1;2-1(3,4)5/h4,6H,1-3,5,7-8H2;(H,2,3,4,5)/q+1;/p-1. The van der Waals surface area contributed by atoms with Crippen LogP contribution in [0, 0.1) is 10.2 Å². The Morgan fingerprint density at radius 3 is 2.61 bits per heavy atom. The second kappa shape index (κ2) is 5.64. The maximum atomic E-state index is 8.49. The maximum absolute atomic E-state index is 8.49. The van der Waals surface area contributed by atoms with E-state index in [0.29, 0.717) is 0 Å². The van der Waals surface area contributed by atoms with Gasteiger partial charge in [-0.1, -0.05) is 0 Å². The van der Waals surface area contributed by atoms with Gasteiger partial charge in [0.15, 0.2) is 12.3 Å². The Labute approximate surface area is 111 Å². The highest BCUT2D eigenvalue weighted by atomic mass is 35.7. The molecule has 0 spiro atoms. The Balaban J connectivity index is 0.000000209. The second-order valence-corrected chi connectivity index (χ2v) is 6.13. The predicted molar refractivity (Wildman–Crippen MR) is 55.7 cm³/mol. The number of rotatable bonds is 0. The quantitative estimate of drug-likeness (QED) is 0.502. The number of fused-ring (bicyclic) bond motifs is 1. The normalized spacial score (nSPS) is 18.7. The van der Waals surface area contributed by atoms with Crippen LogP contribution >= 0.6 is 11.3 Å². The molecule has 3 rings (SSSR count). The van der Waals surface area contributed by atoms with Gasteiger partial charge in [-0.05, 0) is 23.4 Å². The van der Waals surface area contributed by atoms with E-state index in [-0.39, 0.29) is 0 Å². The Kier molecular flexibility index (Phi) is 4.37. The summed E-state index contributed by atoms with van der Waals surface area (Å²) in [5.41, 5.74) is 3.29. The molecule has 0 N–H and O–H groups in total. The van der Waals surface area contributed by atoms with Crippen molar-refractivity contribution in [1.82, 2.24) is 0 Å². The fraction of sp³-hybridized carbons (Fsp3) is 0.545. The molecule has 0 radical (unpaired) electrons. The number of hydrogen-bond acceptors (Lipinski definition) is 5. The zero-order valence-electron chi connectivity index (χ0n) is 9.76. The third-order valence-corrected chi connectivity index (χ3v) is 4.11. The molecule has 0 bridgehead atoms. The highest BCUT2D eigenvalue weighted by Gasteiger charge is 2.27. The fourth-order valence-electron chi connectivity index (χ4n) is 2.40. The van der Waals surface area contributed by atoms with Crippen molar-refractivity contribution in [3.05, 3.63) is 21.9 Å². The molecule has 2 aliphatic heterocycles. The van der Waals surface area contributed by atoms with Crippen LogP contribution in [0.1, 0.15) is 29.7 Å². The van der Waals surface area contributed by atoms with Gasteiger partial charge in [0, 0.05) is 12.8 Å². The highest BCUT2D eigenvalue weighted by Crippen LogP contribution is 2.25. The monoisotopic (exact) mass is 291 g/mol. The average molecular weight is 292 g/mol. The molecule has 100 valence electrons. The second-order valence-electron chi connectivity index (χ2n) is 4.37. The van der Waals surface area contributed by atoms with Gasteiger partial charge in [0.25, 0.3) is 0 Å². The van der Waals surface area contributed by atoms with Gasteiger partial charge < -0.3 is 0 Å². The van der Waals surface area contributed by atoms with Crippen LogP contribution in [0.4, 0.5) is 0 Å². The number of hydrogen-bond donors (Lipinski definition) is 0. The lowest BCUT2D eigenvalue weighted by molar-refractivity contribution is -2.00. The Hall–Kier alpha value is -0.500. The first kappa shape index (κ1) is 13.9. The van der Waals surface area contributed by atoms with Crippen LogP contribution < -0.4 is 18.6 Å². The van der Waals surface area contributed by atoms with E-state index in [1.54, 1.807) is 16.2 Å². The van der Waals surface area contributed by atoms with E-state index < -0.39 is 10.2 Å². The molecular formula is C11H14ClNO4S. The van der Waals surface area contributed by atoms with E-state index in [9.17, 15) is 0 Å². The number of nitrogens with zero attached hydrogens (tertiary/aromatic N) is 1. The van der Waals surface area contributed by atoms with Crippen LogP contribution in [0.25, 0.3) is 0 Å². The zero-order valence-corrected chi connectivity index (χ0v) is 11.3. The van der Waals surface area contributed by atoms with Crippen LogP contribution in [0.3, 0.4) is 0 Å². The Morgan fingerprint density at radius 1 is 1.17 bits per heavy atom. The first-order valence-electron chi connectivity index (χ1n) is 5.70. The molecule has 18 heavy (non-hydrogen) atoms. The summed E-state index contributed by atoms with van der Waals surface area (Å²) < 4.78 is 36.6. The zero-order chi connectivity index (χ0) is 13.2. The van der Waals surface area contributed by atoms with Gasteiger partial charge in [0.2, 0.25) is 0 Å². The van der Waals surface area contributed by atoms with Crippen molar-refractivity contribution in [2.75, 3.05) is 6.54 Å². The Morgan fingerprint density at radius 2 is 1.89 bits per heavy atom. The molecule has 0 saturated heterocycles. The summed E-state index contributed by atoms with van der Waals surface area (Å²) in [7, 11) is -4.94. The lowest BCUT2D eigenvalue weighted by Crippen LogP contribution is -2.68. The molecule has 0 atom stereocenters. The lowest BCUT2D eigenvalue weighted by atomic mass is 9.98. The predicted octanol–water partition coefficient (Wildman–Crippen LogP) is -2.31. The van der Waals surface area contributed by atoms with Gasteiger partial charge in [-0.25, -0.2) is 23.2 Å². The SMILES string of the molecule is [O-][Cl+3]([O-])([O-])[O-].c1cc2c(s1)C[N+]1=C(CCCC1)C2. The van der Waals surface area contributed by atoms with Crippen molar-refractivity contribution in [3.8, 4) is 0 Å². The van der Waals surface area contributed by atoms with Crippen molar-refractivity contribution in [2.45, 2.75) is 32.2 Å². The molecule has 0 unspecified atom stereocenters. The molecule has 3 heterocycles. The van der Waals surface area contributed by atoms with Gasteiger partial charge in [0.1, 0.15) is 6.54 Å². The molecule has 0 aliphatic carbocycles. The van der Waals surface area contributed by atoms with Crippen molar-refractivity contribution >= 4 is 17.0 Å². The first-order valence-corrected chi connectivity index (χ1v) is 7.81. The average Bonchev–Trinajstić information content (AvgIpc) is 2.70. The topological polar surface area (TPSA) is 95.2 Å². The van der Waals surface area contributed by atoms with E-state index >= 15 is 0 Å². The van der Waals surface area contributed by atoms with Crippen molar-refractivity contribution < 1.29 is 33.5 Å². The van der Waals surface area contributed by atoms with E-state index in [0.717, 1.165) is 0 Å². The van der Waals surface area contributed by atoms with Gasteiger partial charge in [0.05, 0.1) is 11.3 Å². The van der Waals surface area contributed by atoms with E-state index in [1.807, 2.05) is 11.3 Å². The minimum atomic E-state index is -4.94. The lowest BCUT2D eigenvalue weighted by Gasteiger charge is -2.19. The van der Waals surface area contributed by atoms with Gasteiger partial charge in [-0.2, -0.15) is 0 Å². The molecule has 5 nitrogen and oxygen atoms in total. The van der Waals surface area contributed by atoms with Crippen molar-refractivity contribution in [3.63, 3.8) is 0 Å². The maximum Gasteiger partial charge on any atom is 0.177 e. The van der Waals surface area contributed by atoms with E-state index in [2.05, 4.69) is 16.0 Å². The molecular weight excluding hydrogens is 278 g/mol. The summed E-state index contributed by atoms with van der Waals surface area (Å²) >= 11 is 1.93. The molecule has 1 aromatic heterocycles. The van der Waals surface area contributed by atoms with Crippen molar-refractivity contribution in [2.24, 2.45) is 0 Å². The van der Waals surface area contributed by atoms with Crippen LogP contribution in [0.15, 0.2) is 11.4 Å². The summed E-state index contributed by atoms with van der Waals surface area (Å²) in [4.78, 5) is 1.60. The van der Waals surface area contributed by atoms with Crippen molar-refractivity contribution in [1.29, 1.82) is 0 Å². The molecule has 0 amide bonds. The molecule has 2 aliphatic rings. The van der Waals surface area contributed by atoms with Gasteiger partial charge in [-0.15, -0.1) is 21.6 Å². The molecule has 0 saturated carbocycles. The smallest absolute Gasteiger partial charge is 0.177 e. The first-order chi connectivity index (χ1) is 8.43. The molecule has 0 aromatic carbocycles.